The Balaban J connectivity index is 2.85. The molecule has 0 fully saturated rings. The zero-order valence-corrected chi connectivity index (χ0v) is 8.41. The molecule has 2 nitrogen and oxygen atoms in total. The predicted molar refractivity (Wildman–Crippen MR) is 51.0 cm³/mol. The van der Waals surface area contributed by atoms with Gasteiger partial charge in [0.25, 0.3) is 0 Å². The normalized spacial score (nSPS) is 12.9. The van der Waals surface area contributed by atoms with Crippen molar-refractivity contribution in [1.29, 1.82) is 0 Å². The molecule has 0 heterocycles. The van der Waals surface area contributed by atoms with Crippen LogP contribution in [0, 0.1) is 0 Å². The molecule has 66 valence electrons. The van der Waals surface area contributed by atoms with Crippen molar-refractivity contribution in [3.05, 3.63) is 34.3 Å². The Morgan fingerprint density at radius 2 is 2.33 bits per heavy atom. The van der Waals surface area contributed by atoms with E-state index in [9.17, 15) is 0 Å². The molecule has 0 saturated heterocycles. The van der Waals surface area contributed by atoms with Crippen molar-refractivity contribution in [3.63, 3.8) is 0 Å². The number of halogens is 1. The van der Waals surface area contributed by atoms with Crippen molar-refractivity contribution >= 4 is 15.9 Å². The van der Waals surface area contributed by atoms with Crippen LogP contribution in [0.2, 0.25) is 0 Å². The van der Waals surface area contributed by atoms with E-state index < -0.39 is 0 Å². The molecule has 1 atom stereocenters. The number of hydrogen-bond acceptors (Lipinski definition) is 2. The lowest BCUT2D eigenvalue weighted by atomic mass is 10.1. The van der Waals surface area contributed by atoms with Gasteiger partial charge in [-0.2, -0.15) is 0 Å². The lowest BCUT2D eigenvalue weighted by Gasteiger charge is -2.12. The van der Waals surface area contributed by atoms with Crippen LogP contribution in [-0.4, -0.2) is 18.8 Å². The highest BCUT2D eigenvalue weighted by molar-refractivity contribution is 9.10. The second kappa shape index (κ2) is 4.60. The number of methoxy groups -OCH3 is 1. The second-order valence-corrected chi connectivity index (χ2v) is 3.38. The van der Waals surface area contributed by atoms with Gasteiger partial charge in [0, 0.05) is 11.6 Å². The number of aliphatic hydroxyl groups is 1. The molecule has 0 aromatic heterocycles. The topological polar surface area (TPSA) is 29.5 Å². The fourth-order valence-corrected chi connectivity index (χ4v) is 1.44. The summed E-state index contributed by atoms with van der Waals surface area (Å²) in [6.45, 7) is 0.00690. The highest BCUT2D eigenvalue weighted by Gasteiger charge is 2.07. The minimum Gasteiger partial charge on any atom is -0.393 e. The Hall–Kier alpha value is -0.380. The summed E-state index contributed by atoms with van der Waals surface area (Å²) in [6, 6.07) is 7.72. The fourth-order valence-electron chi connectivity index (χ4n) is 1.02. The van der Waals surface area contributed by atoms with E-state index in [0.717, 1.165) is 10.0 Å². The van der Waals surface area contributed by atoms with Gasteiger partial charge in [-0.25, -0.2) is 0 Å². The van der Waals surface area contributed by atoms with Crippen LogP contribution in [0.1, 0.15) is 11.7 Å². The first kappa shape index (κ1) is 9.71. The second-order valence-electron chi connectivity index (χ2n) is 2.46. The van der Waals surface area contributed by atoms with E-state index in [-0.39, 0.29) is 12.7 Å². The Kier molecular flexibility index (Phi) is 3.72. The summed E-state index contributed by atoms with van der Waals surface area (Å²) in [7, 11) is 1.59. The molecule has 1 rings (SSSR count). The third-order valence-corrected chi connectivity index (χ3v) is 2.16. The maximum atomic E-state index is 8.93. The van der Waals surface area contributed by atoms with Crippen LogP contribution < -0.4 is 0 Å². The summed E-state index contributed by atoms with van der Waals surface area (Å²) < 4.78 is 6.07. The number of aliphatic hydroxyl groups excluding tert-OH is 1. The van der Waals surface area contributed by atoms with Gasteiger partial charge in [0.1, 0.15) is 6.10 Å². The lowest BCUT2D eigenvalue weighted by Crippen LogP contribution is -2.05. The third-order valence-electron chi connectivity index (χ3n) is 1.67. The molecule has 1 aromatic rings. The number of hydrogen-bond donors (Lipinski definition) is 1. The van der Waals surface area contributed by atoms with Crippen LogP contribution in [-0.2, 0) is 4.74 Å². The zero-order valence-electron chi connectivity index (χ0n) is 6.83. The van der Waals surface area contributed by atoms with Crippen LogP contribution in [0.4, 0.5) is 0 Å². The molecule has 1 unspecified atom stereocenters. The summed E-state index contributed by atoms with van der Waals surface area (Å²) in [5, 5.41) is 8.93. The number of rotatable bonds is 3. The van der Waals surface area contributed by atoms with Gasteiger partial charge in [-0.3, -0.25) is 0 Å². The average molecular weight is 231 g/mol. The summed E-state index contributed by atoms with van der Waals surface area (Å²) in [5.41, 5.74) is 0.981. The molecule has 0 spiro atoms. The quantitative estimate of drug-likeness (QED) is 0.863. The molecule has 3 heteroatoms. The molecule has 1 N–H and O–H groups in total. The van der Waals surface area contributed by atoms with Crippen molar-refractivity contribution in [2.75, 3.05) is 13.7 Å². The van der Waals surface area contributed by atoms with Crippen molar-refractivity contribution in [2.24, 2.45) is 0 Å². The molecule has 1 aromatic carbocycles. The number of benzene rings is 1. The van der Waals surface area contributed by atoms with Crippen molar-refractivity contribution < 1.29 is 9.84 Å². The summed E-state index contributed by atoms with van der Waals surface area (Å²) >= 11 is 3.35. The monoisotopic (exact) mass is 230 g/mol. The molecule has 0 radical (unpaired) electrons. The minimum absolute atomic E-state index is 0.00690. The molecule has 0 amide bonds. The van der Waals surface area contributed by atoms with E-state index in [1.807, 2.05) is 24.3 Å². The van der Waals surface area contributed by atoms with Crippen molar-refractivity contribution in [2.45, 2.75) is 6.10 Å². The highest BCUT2D eigenvalue weighted by Crippen LogP contribution is 2.19. The van der Waals surface area contributed by atoms with Crippen LogP contribution in [0.5, 0.6) is 0 Å². The molecule has 0 saturated carbocycles. The maximum absolute atomic E-state index is 8.93. The van der Waals surface area contributed by atoms with Gasteiger partial charge in [-0.15, -0.1) is 0 Å². The van der Waals surface area contributed by atoms with E-state index in [2.05, 4.69) is 15.9 Å². The smallest absolute Gasteiger partial charge is 0.105 e. The van der Waals surface area contributed by atoms with E-state index >= 15 is 0 Å². The van der Waals surface area contributed by atoms with Gasteiger partial charge >= 0.3 is 0 Å². The lowest BCUT2D eigenvalue weighted by molar-refractivity contribution is 0.0484. The molecule has 0 aliphatic heterocycles. The third kappa shape index (κ3) is 2.30. The largest absolute Gasteiger partial charge is 0.393 e. The van der Waals surface area contributed by atoms with E-state index in [4.69, 9.17) is 9.84 Å². The van der Waals surface area contributed by atoms with Crippen LogP contribution in [0.3, 0.4) is 0 Å². The summed E-state index contributed by atoms with van der Waals surface area (Å²) in [4.78, 5) is 0. The number of ether oxygens (including phenoxy) is 1. The average Bonchev–Trinajstić information content (AvgIpc) is 2.07. The molecule has 0 aliphatic rings. The standard InChI is InChI=1S/C9H11BrO2/c1-12-9(6-11)7-3-2-4-8(10)5-7/h2-5,9,11H,6H2,1H3. The van der Waals surface area contributed by atoms with Crippen molar-refractivity contribution in [1.82, 2.24) is 0 Å². The molecule has 0 bridgehead atoms. The maximum Gasteiger partial charge on any atom is 0.105 e. The Morgan fingerprint density at radius 1 is 1.58 bits per heavy atom. The van der Waals surface area contributed by atoms with Crippen LogP contribution in [0.25, 0.3) is 0 Å². The first-order valence-electron chi connectivity index (χ1n) is 3.67. The van der Waals surface area contributed by atoms with Crippen LogP contribution in [0.15, 0.2) is 28.7 Å². The van der Waals surface area contributed by atoms with E-state index in [0.29, 0.717) is 0 Å². The van der Waals surface area contributed by atoms with Gasteiger partial charge in [-0.1, -0.05) is 28.1 Å². The Labute approximate surface area is 80.3 Å². The van der Waals surface area contributed by atoms with Gasteiger partial charge in [0.15, 0.2) is 0 Å². The van der Waals surface area contributed by atoms with Crippen molar-refractivity contribution in [3.8, 4) is 0 Å². The van der Waals surface area contributed by atoms with Gasteiger partial charge in [0.05, 0.1) is 6.61 Å². The molecule has 12 heavy (non-hydrogen) atoms. The highest BCUT2D eigenvalue weighted by atomic mass is 79.9. The fraction of sp³-hybridized carbons (Fsp3) is 0.333. The predicted octanol–water partition coefficient (Wildman–Crippen LogP) is 2.13. The zero-order chi connectivity index (χ0) is 8.97. The first-order chi connectivity index (χ1) is 5.77. The summed E-state index contributed by atoms with van der Waals surface area (Å²) in [5.74, 6) is 0. The molecular formula is C9H11BrO2. The van der Waals surface area contributed by atoms with Crippen LogP contribution >= 0.6 is 15.9 Å². The van der Waals surface area contributed by atoms with Gasteiger partial charge in [-0.05, 0) is 17.7 Å². The van der Waals surface area contributed by atoms with Gasteiger partial charge in [0.2, 0.25) is 0 Å². The van der Waals surface area contributed by atoms with E-state index in [1.54, 1.807) is 7.11 Å². The Bertz CT molecular complexity index is 246. The minimum atomic E-state index is -0.220. The van der Waals surface area contributed by atoms with E-state index in [1.165, 1.54) is 0 Å². The Morgan fingerprint density at radius 3 is 2.83 bits per heavy atom. The SMILES string of the molecule is COC(CO)c1cccc(Br)c1. The summed E-state index contributed by atoms with van der Waals surface area (Å²) in [6.07, 6.45) is -0.220. The molecular weight excluding hydrogens is 220 g/mol. The molecule has 0 aliphatic carbocycles. The first-order valence-corrected chi connectivity index (χ1v) is 4.46. The van der Waals surface area contributed by atoms with Gasteiger partial charge < -0.3 is 9.84 Å².